The lowest BCUT2D eigenvalue weighted by Gasteiger charge is -2.12. The van der Waals surface area contributed by atoms with Gasteiger partial charge in [0.05, 0.1) is 23.5 Å². The molecule has 0 aliphatic carbocycles. The molecule has 3 aromatic carbocycles. The smallest absolute Gasteiger partial charge is 0.293 e. The average molecular weight is 495 g/mol. The molecule has 10 heteroatoms. The van der Waals surface area contributed by atoms with Crippen molar-refractivity contribution in [2.24, 2.45) is 0 Å². The number of amides is 2. The topological polar surface area (TPSA) is 99.0 Å². The number of carbonyl (C=O) groups excluding carboxylic acids is 2. The SMILES string of the molecule is COc1cc(C=C2SC(=O)N(Cc3ccc([N+](=O)[O-])cc3)C2=O)ccc1OCc1ccccc1F. The van der Waals surface area contributed by atoms with Crippen molar-refractivity contribution in [2.75, 3.05) is 7.11 Å². The monoisotopic (exact) mass is 494 g/mol. The van der Waals surface area contributed by atoms with Crippen molar-refractivity contribution in [3.8, 4) is 11.5 Å². The Morgan fingerprint density at radius 1 is 1.06 bits per heavy atom. The molecule has 1 aliphatic heterocycles. The molecule has 0 unspecified atom stereocenters. The summed E-state index contributed by atoms with van der Waals surface area (Å²) in [5.74, 6) is -0.0379. The summed E-state index contributed by atoms with van der Waals surface area (Å²) in [5.41, 5.74) is 1.54. The molecule has 0 atom stereocenters. The summed E-state index contributed by atoms with van der Waals surface area (Å²) in [7, 11) is 1.47. The van der Waals surface area contributed by atoms with Crippen LogP contribution in [0.25, 0.3) is 6.08 Å². The number of carbonyl (C=O) groups is 2. The average Bonchev–Trinajstić information content (AvgIpc) is 3.11. The quantitative estimate of drug-likeness (QED) is 0.230. The van der Waals surface area contributed by atoms with Gasteiger partial charge >= 0.3 is 0 Å². The minimum atomic E-state index is -0.517. The molecule has 0 saturated carbocycles. The number of imide groups is 1. The molecule has 1 fully saturated rings. The van der Waals surface area contributed by atoms with Crippen LogP contribution in [0.3, 0.4) is 0 Å². The Balaban J connectivity index is 1.47. The van der Waals surface area contributed by atoms with Crippen LogP contribution in [0.4, 0.5) is 14.9 Å². The lowest BCUT2D eigenvalue weighted by Crippen LogP contribution is -2.27. The van der Waals surface area contributed by atoms with Gasteiger partial charge < -0.3 is 9.47 Å². The summed E-state index contributed by atoms with van der Waals surface area (Å²) in [6, 6.07) is 17.0. The minimum absolute atomic E-state index is 0.00610. The maximum atomic E-state index is 13.8. The normalized spacial score (nSPS) is 14.5. The van der Waals surface area contributed by atoms with Crippen LogP contribution in [0.2, 0.25) is 0 Å². The molecule has 4 rings (SSSR count). The molecule has 1 heterocycles. The lowest BCUT2D eigenvalue weighted by atomic mass is 10.1. The number of hydrogen-bond donors (Lipinski definition) is 0. The van der Waals surface area contributed by atoms with Gasteiger partial charge in [-0.15, -0.1) is 0 Å². The number of thioether (sulfide) groups is 1. The minimum Gasteiger partial charge on any atom is -0.493 e. The Bertz CT molecular complexity index is 1330. The number of nitro groups is 1. The van der Waals surface area contributed by atoms with E-state index < -0.39 is 16.1 Å². The van der Waals surface area contributed by atoms with Crippen LogP contribution in [0, 0.1) is 15.9 Å². The molecule has 0 N–H and O–H groups in total. The Kier molecular flexibility index (Phi) is 7.11. The third-order valence-corrected chi connectivity index (χ3v) is 6.10. The van der Waals surface area contributed by atoms with Crippen LogP contribution in [0.1, 0.15) is 16.7 Å². The maximum absolute atomic E-state index is 13.8. The van der Waals surface area contributed by atoms with Crippen LogP contribution in [0.15, 0.2) is 71.6 Å². The molecule has 1 saturated heterocycles. The van der Waals surface area contributed by atoms with Gasteiger partial charge in [-0.2, -0.15) is 0 Å². The summed E-state index contributed by atoms with van der Waals surface area (Å²) in [6.45, 7) is 0.0239. The predicted octanol–water partition coefficient (Wildman–Crippen LogP) is 5.56. The van der Waals surface area contributed by atoms with E-state index in [1.807, 2.05) is 0 Å². The van der Waals surface area contributed by atoms with Crippen molar-refractivity contribution in [2.45, 2.75) is 13.2 Å². The second kappa shape index (κ2) is 10.4. The predicted molar refractivity (Wildman–Crippen MR) is 128 cm³/mol. The summed E-state index contributed by atoms with van der Waals surface area (Å²) in [6.07, 6.45) is 1.57. The Morgan fingerprint density at radius 3 is 2.49 bits per heavy atom. The highest BCUT2D eigenvalue weighted by molar-refractivity contribution is 8.18. The van der Waals surface area contributed by atoms with Gasteiger partial charge in [-0.25, -0.2) is 4.39 Å². The number of nitro benzene ring substituents is 1. The van der Waals surface area contributed by atoms with Crippen molar-refractivity contribution >= 4 is 34.7 Å². The standard InChI is InChI=1S/C25H19FN2O6S/c1-33-22-12-17(8-11-21(22)34-15-18-4-2-3-5-20(18)26)13-23-24(29)27(25(30)35-23)14-16-6-9-19(10-7-16)28(31)32/h2-13H,14-15H2,1H3. The van der Waals surface area contributed by atoms with Crippen molar-refractivity contribution in [1.29, 1.82) is 0 Å². The van der Waals surface area contributed by atoms with Gasteiger partial charge in [-0.3, -0.25) is 24.6 Å². The van der Waals surface area contributed by atoms with Crippen molar-refractivity contribution in [3.05, 3.63) is 104 Å². The molecular formula is C25H19FN2O6S. The van der Waals surface area contributed by atoms with Gasteiger partial charge in [0.25, 0.3) is 16.8 Å². The lowest BCUT2D eigenvalue weighted by molar-refractivity contribution is -0.384. The number of benzene rings is 3. The highest BCUT2D eigenvalue weighted by atomic mass is 32.2. The van der Waals surface area contributed by atoms with Crippen LogP contribution < -0.4 is 9.47 Å². The second-order valence-corrected chi connectivity index (χ2v) is 8.47. The number of rotatable bonds is 8. The fourth-order valence-electron chi connectivity index (χ4n) is 3.36. The van der Waals surface area contributed by atoms with Gasteiger partial charge in [0.1, 0.15) is 12.4 Å². The van der Waals surface area contributed by atoms with Gasteiger partial charge in [-0.1, -0.05) is 36.4 Å². The number of ether oxygens (including phenoxy) is 2. The number of non-ortho nitro benzene ring substituents is 1. The van der Waals surface area contributed by atoms with E-state index in [9.17, 15) is 24.1 Å². The first-order valence-corrected chi connectivity index (χ1v) is 11.2. The zero-order chi connectivity index (χ0) is 24.9. The third-order valence-electron chi connectivity index (χ3n) is 5.19. The second-order valence-electron chi connectivity index (χ2n) is 7.48. The van der Waals surface area contributed by atoms with E-state index in [1.54, 1.807) is 42.5 Å². The first-order chi connectivity index (χ1) is 16.9. The molecular weight excluding hydrogens is 475 g/mol. The van der Waals surface area contributed by atoms with E-state index in [2.05, 4.69) is 0 Å². The van der Waals surface area contributed by atoms with E-state index >= 15 is 0 Å². The number of halogens is 1. The van der Waals surface area contributed by atoms with Crippen LogP contribution >= 0.6 is 11.8 Å². The van der Waals surface area contributed by atoms with Crippen molar-refractivity contribution in [3.63, 3.8) is 0 Å². The molecule has 1 aliphatic rings. The Hall–Kier alpha value is -4.18. The molecule has 0 aromatic heterocycles. The molecule has 8 nitrogen and oxygen atoms in total. The van der Waals surface area contributed by atoms with Gasteiger partial charge in [-0.05, 0) is 47.2 Å². The summed E-state index contributed by atoms with van der Waals surface area (Å²) in [5, 5.41) is 10.4. The Labute approximate surface area is 204 Å². The molecule has 3 aromatic rings. The van der Waals surface area contributed by atoms with E-state index in [0.717, 1.165) is 16.7 Å². The molecule has 0 spiro atoms. The van der Waals surface area contributed by atoms with Crippen LogP contribution in [-0.2, 0) is 17.9 Å². The first kappa shape index (κ1) is 24.0. The highest BCUT2D eigenvalue weighted by Gasteiger charge is 2.35. The Morgan fingerprint density at radius 2 is 1.80 bits per heavy atom. The highest BCUT2D eigenvalue weighted by Crippen LogP contribution is 2.35. The van der Waals surface area contributed by atoms with Crippen molar-refractivity contribution in [1.82, 2.24) is 4.90 Å². The van der Waals surface area contributed by atoms with Crippen molar-refractivity contribution < 1.29 is 28.4 Å². The molecule has 2 amide bonds. The van der Waals surface area contributed by atoms with Gasteiger partial charge in [0, 0.05) is 17.7 Å². The zero-order valence-corrected chi connectivity index (χ0v) is 19.3. The number of methoxy groups -OCH3 is 1. The van der Waals surface area contributed by atoms with E-state index in [4.69, 9.17) is 9.47 Å². The summed E-state index contributed by atoms with van der Waals surface area (Å²) < 4.78 is 24.9. The number of nitrogens with zero attached hydrogens (tertiary/aromatic N) is 2. The van der Waals surface area contributed by atoms with E-state index in [-0.39, 0.29) is 29.6 Å². The summed E-state index contributed by atoms with van der Waals surface area (Å²) in [4.78, 5) is 36.9. The first-order valence-electron chi connectivity index (χ1n) is 10.4. The number of hydrogen-bond acceptors (Lipinski definition) is 7. The summed E-state index contributed by atoms with van der Waals surface area (Å²) >= 11 is 0.807. The fourth-order valence-corrected chi connectivity index (χ4v) is 4.20. The van der Waals surface area contributed by atoms with Gasteiger partial charge in [0.15, 0.2) is 11.5 Å². The van der Waals surface area contributed by atoms with E-state index in [1.165, 1.54) is 37.4 Å². The molecule has 178 valence electrons. The fraction of sp³-hybridized carbons (Fsp3) is 0.120. The van der Waals surface area contributed by atoms with Crippen LogP contribution in [-0.4, -0.2) is 28.1 Å². The largest absolute Gasteiger partial charge is 0.493 e. The third kappa shape index (κ3) is 5.49. The van der Waals surface area contributed by atoms with Crippen LogP contribution in [0.5, 0.6) is 11.5 Å². The molecule has 35 heavy (non-hydrogen) atoms. The van der Waals surface area contributed by atoms with Gasteiger partial charge in [0.2, 0.25) is 0 Å². The maximum Gasteiger partial charge on any atom is 0.293 e. The molecule has 0 radical (unpaired) electrons. The zero-order valence-electron chi connectivity index (χ0n) is 18.5. The molecule has 0 bridgehead atoms. The van der Waals surface area contributed by atoms with E-state index in [0.29, 0.717) is 28.2 Å².